The third-order valence-electron chi connectivity index (χ3n) is 4.22. The number of aryl methyl sites for hydroxylation is 1. The van der Waals surface area contributed by atoms with E-state index < -0.39 is 17.2 Å². The van der Waals surface area contributed by atoms with Gasteiger partial charge in [-0.25, -0.2) is 0 Å². The predicted octanol–water partition coefficient (Wildman–Crippen LogP) is 4.27. The van der Waals surface area contributed by atoms with Crippen molar-refractivity contribution in [3.05, 3.63) is 47.0 Å². The summed E-state index contributed by atoms with van der Waals surface area (Å²) >= 11 is 6.08. The SMILES string of the molecule is COc1ccc(NC(=O)C(C)(C)C(=O)Nc2ccc(C)c(Cl)c2)c(OC)c1. The largest absolute Gasteiger partial charge is 0.497 e. The summed E-state index contributed by atoms with van der Waals surface area (Å²) in [6, 6.07) is 10.2. The van der Waals surface area contributed by atoms with Gasteiger partial charge in [0, 0.05) is 16.8 Å². The van der Waals surface area contributed by atoms with Gasteiger partial charge in [0.2, 0.25) is 11.8 Å². The van der Waals surface area contributed by atoms with Crippen LogP contribution in [0.5, 0.6) is 11.5 Å². The Morgan fingerprint density at radius 2 is 1.63 bits per heavy atom. The van der Waals surface area contributed by atoms with Gasteiger partial charge >= 0.3 is 0 Å². The minimum Gasteiger partial charge on any atom is -0.497 e. The molecule has 0 heterocycles. The molecule has 2 aromatic carbocycles. The average molecular weight is 391 g/mol. The fraction of sp³-hybridized carbons (Fsp3) is 0.300. The molecule has 2 amide bonds. The van der Waals surface area contributed by atoms with E-state index in [-0.39, 0.29) is 0 Å². The van der Waals surface area contributed by atoms with E-state index >= 15 is 0 Å². The van der Waals surface area contributed by atoms with Gasteiger partial charge in [0.25, 0.3) is 0 Å². The number of hydrogen-bond donors (Lipinski definition) is 2. The fourth-order valence-corrected chi connectivity index (χ4v) is 2.42. The molecular weight excluding hydrogens is 368 g/mol. The lowest BCUT2D eigenvalue weighted by molar-refractivity contribution is -0.135. The number of methoxy groups -OCH3 is 2. The molecule has 6 nitrogen and oxygen atoms in total. The molecule has 0 unspecified atom stereocenters. The van der Waals surface area contributed by atoms with Crippen LogP contribution in [0, 0.1) is 12.3 Å². The van der Waals surface area contributed by atoms with Crippen molar-refractivity contribution in [2.75, 3.05) is 24.9 Å². The van der Waals surface area contributed by atoms with E-state index in [0.717, 1.165) is 5.56 Å². The number of rotatable bonds is 6. The zero-order valence-electron chi connectivity index (χ0n) is 16.0. The monoisotopic (exact) mass is 390 g/mol. The highest BCUT2D eigenvalue weighted by atomic mass is 35.5. The smallest absolute Gasteiger partial charge is 0.239 e. The number of halogens is 1. The van der Waals surface area contributed by atoms with Crippen LogP contribution in [0.3, 0.4) is 0 Å². The average Bonchev–Trinajstić information content (AvgIpc) is 2.64. The van der Waals surface area contributed by atoms with Crippen LogP contribution < -0.4 is 20.1 Å². The summed E-state index contributed by atoms with van der Waals surface area (Å²) in [6.07, 6.45) is 0. The highest BCUT2D eigenvalue weighted by molar-refractivity contribution is 6.31. The van der Waals surface area contributed by atoms with Crippen LogP contribution in [0.1, 0.15) is 19.4 Å². The van der Waals surface area contributed by atoms with Crippen LogP contribution in [-0.4, -0.2) is 26.0 Å². The van der Waals surface area contributed by atoms with Crippen molar-refractivity contribution in [2.24, 2.45) is 5.41 Å². The lowest BCUT2D eigenvalue weighted by atomic mass is 9.90. The standard InChI is InChI=1S/C20H23ClN2O4/c1-12-6-7-13(10-15(12)21)22-18(24)20(2,3)19(25)23-16-9-8-14(26-4)11-17(16)27-5/h6-11H,1-5H3,(H,22,24)(H,23,25). The summed E-state index contributed by atoms with van der Waals surface area (Å²) in [6.45, 7) is 4.96. The van der Waals surface area contributed by atoms with Gasteiger partial charge in [-0.05, 0) is 50.6 Å². The quantitative estimate of drug-likeness (QED) is 0.722. The lowest BCUT2D eigenvalue weighted by Gasteiger charge is -2.23. The van der Waals surface area contributed by atoms with Gasteiger partial charge in [-0.2, -0.15) is 0 Å². The molecule has 0 saturated heterocycles. The summed E-state index contributed by atoms with van der Waals surface area (Å²) in [5, 5.41) is 6.00. The summed E-state index contributed by atoms with van der Waals surface area (Å²) in [4.78, 5) is 25.4. The van der Waals surface area contributed by atoms with Gasteiger partial charge < -0.3 is 20.1 Å². The van der Waals surface area contributed by atoms with E-state index in [1.807, 2.05) is 6.92 Å². The van der Waals surface area contributed by atoms with E-state index in [4.69, 9.17) is 21.1 Å². The van der Waals surface area contributed by atoms with Gasteiger partial charge in [0.1, 0.15) is 16.9 Å². The molecule has 0 spiro atoms. The molecule has 2 aromatic rings. The Morgan fingerprint density at radius 3 is 2.22 bits per heavy atom. The van der Waals surface area contributed by atoms with E-state index in [0.29, 0.717) is 27.9 Å². The molecule has 0 saturated carbocycles. The molecule has 2 rings (SSSR count). The van der Waals surface area contributed by atoms with Gasteiger partial charge in [-0.1, -0.05) is 17.7 Å². The lowest BCUT2D eigenvalue weighted by Crippen LogP contribution is -2.41. The maximum Gasteiger partial charge on any atom is 0.239 e. The van der Waals surface area contributed by atoms with Crippen molar-refractivity contribution in [3.63, 3.8) is 0 Å². The van der Waals surface area contributed by atoms with Gasteiger partial charge in [0.15, 0.2) is 0 Å². The Bertz CT molecular complexity index is 865. The van der Waals surface area contributed by atoms with Crippen molar-refractivity contribution in [1.82, 2.24) is 0 Å². The van der Waals surface area contributed by atoms with Gasteiger partial charge in [-0.15, -0.1) is 0 Å². The van der Waals surface area contributed by atoms with Crippen molar-refractivity contribution in [1.29, 1.82) is 0 Å². The minimum atomic E-state index is -1.33. The number of ether oxygens (including phenoxy) is 2. The Hall–Kier alpha value is -2.73. The summed E-state index contributed by atoms with van der Waals surface area (Å²) in [5.41, 5.74) is 0.543. The number of benzene rings is 2. The number of nitrogens with one attached hydrogen (secondary N) is 2. The number of hydrogen-bond acceptors (Lipinski definition) is 4. The highest BCUT2D eigenvalue weighted by Crippen LogP contribution is 2.31. The van der Waals surface area contributed by atoms with Crippen molar-refractivity contribution >= 4 is 34.8 Å². The molecule has 0 aliphatic heterocycles. The van der Waals surface area contributed by atoms with Crippen LogP contribution in [0.15, 0.2) is 36.4 Å². The molecule has 0 radical (unpaired) electrons. The third-order valence-corrected chi connectivity index (χ3v) is 4.63. The van der Waals surface area contributed by atoms with Crippen LogP contribution in [0.2, 0.25) is 5.02 Å². The minimum absolute atomic E-state index is 0.434. The zero-order valence-corrected chi connectivity index (χ0v) is 16.7. The molecule has 2 N–H and O–H groups in total. The number of carbonyl (C=O) groups excluding carboxylic acids is 2. The fourth-order valence-electron chi connectivity index (χ4n) is 2.24. The highest BCUT2D eigenvalue weighted by Gasteiger charge is 2.36. The van der Waals surface area contributed by atoms with Crippen molar-refractivity contribution in [2.45, 2.75) is 20.8 Å². The number of anilines is 2. The third kappa shape index (κ3) is 4.71. The summed E-state index contributed by atoms with van der Waals surface area (Å²) in [5.74, 6) is 0.108. The Balaban J connectivity index is 2.16. The molecule has 0 aliphatic carbocycles. The van der Waals surface area contributed by atoms with E-state index in [2.05, 4.69) is 10.6 Å². The second-order valence-electron chi connectivity index (χ2n) is 6.56. The second-order valence-corrected chi connectivity index (χ2v) is 6.97. The molecule has 7 heteroatoms. The van der Waals surface area contributed by atoms with E-state index in [1.165, 1.54) is 14.2 Å². The maximum absolute atomic E-state index is 12.7. The van der Waals surface area contributed by atoms with Crippen LogP contribution in [0.4, 0.5) is 11.4 Å². The van der Waals surface area contributed by atoms with Crippen LogP contribution >= 0.6 is 11.6 Å². The Kier molecular flexibility index (Phi) is 6.33. The first kappa shape index (κ1) is 20.6. The second kappa shape index (κ2) is 8.31. The first-order valence-corrected chi connectivity index (χ1v) is 8.68. The molecule has 0 aromatic heterocycles. The predicted molar refractivity (Wildman–Crippen MR) is 107 cm³/mol. The van der Waals surface area contributed by atoms with Crippen molar-refractivity contribution in [3.8, 4) is 11.5 Å². The van der Waals surface area contributed by atoms with Crippen LogP contribution in [-0.2, 0) is 9.59 Å². The summed E-state index contributed by atoms with van der Waals surface area (Å²) in [7, 11) is 3.03. The number of amides is 2. The molecule has 0 bridgehead atoms. The molecule has 144 valence electrons. The first-order chi connectivity index (χ1) is 12.7. The first-order valence-electron chi connectivity index (χ1n) is 8.30. The van der Waals surface area contributed by atoms with E-state index in [9.17, 15) is 9.59 Å². The normalized spacial score (nSPS) is 10.9. The topological polar surface area (TPSA) is 76.7 Å². The zero-order chi connectivity index (χ0) is 20.2. The molecule has 0 atom stereocenters. The number of carbonyl (C=O) groups is 2. The van der Waals surface area contributed by atoms with Gasteiger partial charge in [0.05, 0.1) is 19.9 Å². The molecular formula is C20H23ClN2O4. The Morgan fingerprint density at radius 1 is 0.963 bits per heavy atom. The van der Waals surface area contributed by atoms with Crippen molar-refractivity contribution < 1.29 is 19.1 Å². The summed E-state index contributed by atoms with van der Waals surface area (Å²) < 4.78 is 10.4. The van der Waals surface area contributed by atoms with E-state index in [1.54, 1.807) is 50.2 Å². The molecule has 27 heavy (non-hydrogen) atoms. The maximum atomic E-state index is 12.7. The van der Waals surface area contributed by atoms with Crippen LogP contribution in [0.25, 0.3) is 0 Å². The van der Waals surface area contributed by atoms with Gasteiger partial charge in [-0.3, -0.25) is 9.59 Å². The molecule has 0 aliphatic rings. The molecule has 0 fully saturated rings. The Labute approximate surface area is 163 Å².